The smallest absolute Gasteiger partial charge is 0.341 e. The third-order valence-electron chi connectivity index (χ3n) is 3.18. The van der Waals surface area contributed by atoms with Crippen molar-refractivity contribution in [3.8, 4) is 17.0 Å². The monoisotopic (exact) mass is 299 g/mol. The molecule has 1 heterocycles. The van der Waals surface area contributed by atoms with Gasteiger partial charge in [-0.1, -0.05) is 6.08 Å². The highest BCUT2D eigenvalue weighted by atomic mass is 16.5. The van der Waals surface area contributed by atoms with Gasteiger partial charge in [-0.3, -0.25) is 4.79 Å². The number of aromatic nitrogens is 1. The lowest BCUT2D eigenvalue weighted by atomic mass is 10.1. The summed E-state index contributed by atoms with van der Waals surface area (Å²) in [6.07, 6.45) is 1.56. The van der Waals surface area contributed by atoms with Crippen LogP contribution < -0.4 is 10.3 Å². The molecule has 5 nitrogen and oxygen atoms in total. The molecule has 1 aromatic heterocycles. The fraction of sp³-hybridized carbons (Fsp3) is 0.176. The van der Waals surface area contributed by atoms with Crippen LogP contribution in [0.15, 0.2) is 53.8 Å². The Hall–Kier alpha value is -2.82. The van der Waals surface area contributed by atoms with Crippen molar-refractivity contribution in [2.75, 3.05) is 6.61 Å². The zero-order valence-electron chi connectivity index (χ0n) is 12.3. The molecule has 0 saturated heterocycles. The Morgan fingerprint density at radius 3 is 2.50 bits per heavy atom. The molecule has 0 aliphatic rings. The molecule has 0 fully saturated rings. The summed E-state index contributed by atoms with van der Waals surface area (Å²) in [5, 5.41) is 9.06. The van der Waals surface area contributed by atoms with E-state index in [0.29, 0.717) is 12.3 Å². The van der Waals surface area contributed by atoms with Gasteiger partial charge >= 0.3 is 5.97 Å². The Labute approximate surface area is 128 Å². The second-order valence-corrected chi connectivity index (χ2v) is 4.60. The fourth-order valence-corrected chi connectivity index (χ4v) is 2.19. The van der Waals surface area contributed by atoms with Crippen LogP contribution in [0.4, 0.5) is 0 Å². The average Bonchev–Trinajstić information content (AvgIpc) is 2.50. The van der Waals surface area contributed by atoms with Crippen LogP contribution in [0.1, 0.15) is 17.3 Å². The normalized spacial score (nSPS) is 10.2. The van der Waals surface area contributed by atoms with Gasteiger partial charge in [0, 0.05) is 6.54 Å². The molecule has 0 aliphatic heterocycles. The minimum absolute atomic E-state index is 0.239. The topological polar surface area (TPSA) is 68.5 Å². The van der Waals surface area contributed by atoms with Gasteiger partial charge in [-0.05, 0) is 48.9 Å². The van der Waals surface area contributed by atoms with Crippen LogP contribution in [0.2, 0.25) is 0 Å². The first kappa shape index (κ1) is 15.6. The van der Waals surface area contributed by atoms with E-state index in [-0.39, 0.29) is 12.1 Å². The number of ether oxygens (including phenoxy) is 1. The number of nitrogens with zero attached hydrogens (tertiary/aromatic N) is 1. The first-order valence-electron chi connectivity index (χ1n) is 6.89. The standard InChI is InChI=1S/C17H17NO4/c1-3-11-18-15(10-9-14(16(18)19)17(20)21)12-5-7-13(8-6-12)22-4-2/h3,5-10H,1,4,11H2,2H3,(H,20,21). The van der Waals surface area contributed by atoms with E-state index in [1.165, 1.54) is 10.6 Å². The summed E-state index contributed by atoms with van der Waals surface area (Å²) in [4.78, 5) is 23.4. The molecule has 1 aromatic carbocycles. The zero-order valence-corrected chi connectivity index (χ0v) is 12.3. The Kier molecular flexibility index (Phi) is 4.78. The van der Waals surface area contributed by atoms with Crippen molar-refractivity contribution in [3.63, 3.8) is 0 Å². The zero-order chi connectivity index (χ0) is 16.1. The molecule has 114 valence electrons. The van der Waals surface area contributed by atoms with Crippen LogP contribution in [0, 0.1) is 0 Å². The van der Waals surface area contributed by atoms with Gasteiger partial charge in [0.2, 0.25) is 0 Å². The van der Waals surface area contributed by atoms with Crippen molar-refractivity contribution in [1.29, 1.82) is 0 Å². The lowest BCUT2D eigenvalue weighted by Crippen LogP contribution is -2.27. The summed E-state index contributed by atoms with van der Waals surface area (Å²) in [6.45, 7) is 6.34. The van der Waals surface area contributed by atoms with E-state index in [1.807, 2.05) is 31.2 Å². The third-order valence-corrected chi connectivity index (χ3v) is 3.18. The molecule has 2 aromatic rings. The van der Waals surface area contributed by atoms with E-state index in [1.54, 1.807) is 12.1 Å². The number of carboxylic acids is 1. The third kappa shape index (κ3) is 3.09. The number of hydrogen-bond acceptors (Lipinski definition) is 3. The quantitative estimate of drug-likeness (QED) is 0.833. The minimum atomic E-state index is -1.24. The summed E-state index contributed by atoms with van der Waals surface area (Å²) >= 11 is 0. The first-order valence-corrected chi connectivity index (χ1v) is 6.89. The predicted octanol–water partition coefficient (Wildman–Crippen LogP) is 2.80. The highest BCUT2D eigenvalue weighted by Gasteiger charge is 2.14. The van der Waals surface area contributed by atoms with Crippen LogP contribution in [0.25, 0.3) is 11.3 Å². The Bertz CT molecular complexity index is 744. The van der Waals surface area contributed by atoms with Gasteiger partial charge in [0.15, 0.2) is 0 Å². The SMILES string of the molecule is C=CCn1c(-c2ccc(OCC)cc2)ccc(C(=O)O)c1=O. The minimum Gasteiger partial charge on any atom is -0.494 e. The highest BCUT2D eigenvalue weighted by molar-refractivity contribution is 5.87. The van der Waals surface area contributed by atoms with Crippen molar-refractivity contribution in [2.45, 2.75) is 13.5 Å². The summed E-state index contributed by atoms with van der Waals surface area (Å²) < 4.78 is 6.78. The van der Waals surface area contributed by atoms with E-state index in [0.717, 1.165) is 11.3 Å². The first-order chi connectivity index (χ1) is 10.6. The number of benzene rings is 1. The lowest BCUT2D eigenvalue weighted by molar-refractivity contribution is 0.0694. The van der Waals surface area contributed by atoms with E-state index in [4.69, 9.17) is 9.84 Å². The van der Waals surface area contributed by atoms with Crippen molar-refractivity contribution >= 4 is 5.97 Å². The van der Waals surface area contributed by atoms with Gasteiger partial charge in [-0.15, -0.1) is 6.58 Å². The molecular weight excluding hydrogens is 282 g/mol. The largest absolute Gasteiger partial charge is 0.494 e. The maximum atomic E-state index is 12.3. The van der Waals surface area contributed by atoms with E-state index in [9.17, 15) is 9.59 Å². The molecule has 0 radical (unpaired) electrons. The second kappa shape index (κ2) is 6.76. The van der Waals surface area contributed by atoms with Gasteiger partial charge in [0.1, 0.15) is 11.3 Å². The molecule has 0 aliphatic carbocycles. The van der Waals surface area contributed by atoms with Crippen molar-refractivity contribution in [3.05, 3.63) is 65.0 Å². The number of allylic oxidation sites excluding steroid dienone is 1. The Morgan fingerprint density at radius 2 is 1.95 bits per heavy atom. The van der Waals surface area contributed by atoms with E-state index >= 15 is 0 Å². The van der Waals surface area contributed by atoms with Gasteiger partial charge in [-0.25, -0.2) is 4.79 Å². The fourth-order valence-electron chi connectivity index (χ4n) is 2.19. The molecule has 0 unspecified atom stereocenters. The Morgan fingerprint density at radius 1 is 1.27 bits per heavy atom. The number of carbonyl (C=O) groups is 1. The van der Waals surface area contributed by atoms with E-state index in [2.05, 4.69) is 6.58 Å². The van der Waals surface area contributed by atoms with Crippen LogP contribution in [-0.2, 0) is 6.54 Å². The summed E-state index contributed by atoms with van der Waals surface area (Å²) in [7, 11) is 0. The van der Waals surface area contributed by atoms with Crippen LogP contribution >= 0.6 is 0 Å². The molecule has 2 rings (SSSR count). The molecule has 0 spiro atoms. The van der Waals surface area contributed by atoms with E-state index < -0.39 is 11.5 Å². The number of carboxylic acid groups (broad SMARTS) is 1. The summed E-state index contributed by atoms with van der Waals surface area (Å²) in [6, 6.07) is 10.2. The molecule has 0 saturated carbocycles. The van der Waals surface area contributed by atoms with Gasteiger partial charge in [-0.2, -0.15) is 0 Å². The number of hydrogen-bond donors (Lipinski definition) is 1. The summed E-state index contributed by atoms with van der Waals surface area (Å²) in [5.74, 6) is -0.493. The van der Waals surface area contributed by atoms with Crippen LogP contribution in [0.3, 0.4) is 0 Å². The number of pyridine rings is 1. The van der Waals surface area contributed by atoms with Gasteiger partial charge < -0.3 is 14.4 Å². The van der Waals surface area contributed by atoms with Gasteiger partial charge in [0.05, 0.1) is 12.3 Å². The second-order valence-electron chi connectivity index (χ2n) is 4.60. The van der Waals surface area contributed by atoms with Crippen LogP contribution in [-0.4, -0.2) is 22.2 Å². The lowest BCUT2D eigenvalue weighted by Gasteiger charge is -2.13. The molecule has 22 heavy (non-hydrogen) atoms. The number of aromatic carboxylic acids is 1. The molecule has 1 N–H and O–H groups in total. The maximum Gasteiger partial charge on any atom is 0.341 e. The molecular formula is C17H17NO4. The molecule has 0 amide bonds. The molecule has 0 bridgehead atoms. The number of rotatable bonds is 6. The molecule has 5 heteroatoms. The maximum absolute atomic E-state index is 12.3. The highest BCUT2D eigenvalue weighted by Crippen LogP contribution is 2.22. The summed E-state index contributed by atoms with van der Waals surface area (Å²) in [5.41, 5.74) is 0.646. The molecule has 0 atom stereocenters. The Balaban J connectivity index is 2.54. The van der Waals surface area contributed by atoms with Crippen molar-refractivity contribution in [2.24, 2.45) is 0 Å². The van der Waals surface area contributed by atoms with Gasteiger partial charge in [0.25, 0.3) is 5.56 Å². The average molecular weight is 299 g/mol. The van der Waals surface area contributed by atoms with Crippen molar-refractivity contribution < 1.29 is 14.6 Å². The van der Waals surface area contributed by atoms with Crippen LogP contribution in [0.5, 0.6) is 5.75 Å². The predicted molar refractivity (Wildman–Crippen MR) is 84.5 cm³/mol. The van der Waals surface area contributed by atoms with Crippen molar-refractivity contribution in [1.82, 2.24) is 4.57 Å².